The lowest BCUT2D eigenvalue weighted by atomic mass is 10.1. The van der Waals surface area contributed by atoms with E-state index in [-0.39, 0.29) is 17.9 Å². The SMILES string of the molecule is CCc1ccc(NC(=O)c2ccc(C(=O)NC(C)CC)cc2)cc1. The van der Waals surface area contributed by atoms with Gasteiger partial charge in [0.25, 0.3) is 11.8 Å². The van der Waals surface area contributed by atoms with Gasteiger partial charge in [0, 0.05) is 22.9 Å². The fourth-order valence-corrected chi connectivity index (χ4v) is 2.21. The summed E-state index contributed by atoms with van der Waals surface area (Å²) in [5.74, 6) is -0.306. The Morgan fingerprint density at radius 2 is 1.42 bits per heavy atom. The van der Waals surface area contributed by atoms with Crippen LogP contribution in [-0.2, 0) is 6.42 Å². The van der Waals surface area contributed by atoms with Crippen molar-refractivity contribution in [1.29, 1.82) is 0 Å². The van der Waals surface area contributed by atoms with Crippen LogP contribution in [0.2, 0.25) is 0 Å². The van der Waals surface area contributed by atoms with Gasteiger partial charge in [0.2, 0.25) is 0 Å². The first-order valence-electron chi connectivity index (χ1n) is 8.34. The molecule has 2 amide bonds. The van der Waals surface area contributed by atoms with Gasteiger partial charge in [-0.3, -0.25) is 9.59 Å². The van der Waals surface area contributed by atoms with Crippen molar-refractivity contribution in [1.82, 2.24) is 5.32 Å². The molecule has 0 fully saturated rings. The predicted molar refractivity (Wildman–Crippen MR) is 97.4 cm³/mol. The Kier molecular flexibility index (Phi) is 6.13. The molecule has 0 bridgehead atoms. The highest BCUT2D eigenvalue weighted by Crippen LogP contribution is 2.12. The van der Waals surface area contributed by atoms with Crippen LogP contribution in [0.4, 0.5) is 5.69 Å². The minimum Gasteiger partial charge on any atom is -0.350 e. The van der Waals surface area contributed by atoms with Gasteiger partial charge < -0.3 is 10.6 Å². The topological polar surface area (TPSA) is 58.2 Å². The van der Waals surface area contributed by atoms with Crippen LogP contribution in [-0.4, -0.2) is 17.9 Å². The molecule has 0 aliphatic carbocycles. The number of hydrogen-bond donors (Lipinski definition) is 2. The van der Waals surface area contributed by atoms with Crippen molar-refractivity contribution < 1.29 is 9.59 Å². The van der Waals surface area contributed by atoms with E-state index in [1.54, 1.807) is 24.3 Å². The molecule has 0 radical (unpaired) electrons. The van der Waals surface area contributed by atoms with Crippen molar-refractivity contribution in [2.24, 2.45) is 0 Å². The number of nitrogens with one attached hydrogen (secondary N) is 2. The van der Waals surface area contributed by atoms with Crippen molar-refractivity contribution in [2.45, 2.75) is 39.7 Å². The summed E-state index contributed by atoms with van der Waals surface area (Å²) >= 11 is 0. The molecule has 0 aliphatic heterocycles. The van der Waals surface area contributed by atoms with E-state index in [4.69, 9.17) is 0 Å². The zero-order chi connectivity index (χ0) is 17.5. The third-order valence-corrected chi connectivity index (χ3v) is 4.02. The maximum atomic E-state index is 12.3. The Balaban J connectivity index is 2.01. The van der Waals surface area contributed by atoms with E-state index in [0.29, 0.717) is 11.1 Å². The van der Waals surface area contributed by atoms with E-state index in [2.05, 4.69) is 17.6 Å². The fraction of sp³-hybridized carbons (Fsp3) is 0.300. The van der Waals surface area contributed by atoms with Gasteiger partial charge in [0.1, 0.15) is 0 Å². The molecule has 1 atom stereocenters. The summed E-state index contributed by atoms with van der Waals surface area (Å²) in [5.41, 5.74) is 3.06. The molecule has 2 rings (SSSR count). The number of rotatable bonds is 6. The first-order chi connectivity index (χ1) is 11.5. The van der Waals surface area contributed by atoms with Gasteiger partial charge in [-0.2, -0.15) is 0 Å². The van der Waals surface area contributed by atoms with E-state index >= 15 is 0 Å². The van der Waals surface area contributed by atoms with Crippen molar-refractivity contribution in [3.63, 3.8) is 0 Å². The summed E-state index contributed by atoms with van der Waals surface area (Å²) in [6.07, 6.45) is 1.84. The smallest absolute Gasteiger partial charge is 0.255 e. The largest absolute Gasteiger partial charge is 0.350 e. The molecule has 4 nitrogen and oxygen atoms in total. The lowest BCUT2D eigenvalue weighted by molar-refractivity contribution is 0.0937. The molecule has 0 heterocycles. The maximum absolute atomic E-state index is 12.3. The molecule has 2 N–H and O–H groups in total. The van der Waals surface area contributed by atoms with Gasteiger partial charge in [-0.25, -0.2) is 0 Å². The second-order valence-corrected chi connectivity index (χ2v) is 5.86. The van der Waals surface area contributed by atoms with Crippen LogP contribution < -0.4 is 10.6 Å². The van der Waals surface area contributed by atoms with E-state index in [9.17, 15) is 9.59 Å². The fourth-order valence-electron chi connectivity index (χ4n) is 2.21. The van der Waals surface area contributed by atoms with Crippen molar-refractivity contribution in [3.05, 3.63) is 65.2 Å². The van der Waals surface area contributed by atoms with Crippen LogP contribution in [0, 0.1) is 0 Å². The summed E-state index contributed by atoms with van der Waals surface area (Å²) < 4.78 is 0. The number of amides is 2. The third-order valence-electron chi connectivity index (χ3n) is 4.02. The molecule has 2 aromatic rings. The summed E-state index contributed by atoms with van der Waals surface area (Å²) in [4.78, 5) is 24.3. The molecule has 0 spiro atoms. The molecule has 0 saturated carbocycles. The summed E-state index contributed by atoms with van der Waals surface area (Å²) in [5, 5.41) is 5.77. The molecular formula is C20H24N2O2. The van der Waals surface area contributed by atoms with Crippen LogP contribution >= 0.6 is 0 Å². The van der Waals surface area contributed by atoms with E-state index in [1.807, 2.05) is 38.1 Å². The van der Waals surface area contributed by atoms with Gasteiger partial charge in [-0.1, -0.05) is 26.0 Å². The van der Waals surface area contributed by atoms with Crippen molar-refractivity contribution >= 4 is 17.5 Å². The average Bonchev–Trinajstić information content (AvgIpc) is 2.62. The highest BCUT2D eigenvalue weighted by Gasteiger charge is 2.10. The summed E-state index contributed by atoms with van der Waals surface area (Å²) in [6, 6.07) is 14.6. The number of carbonyl (C=O) groups is 2. The Morgan fingerprint density at radius 3 is 1.92 bits per heavy atom. The number of carbonyl (C=O) groups excluding carboxylic acids is 2. The van der Waals surface area contributed by atoms with Gasteiger partial charge in [0.05, 0.1) is 0 Å². The lowest BCUT2D eigenvalue weighted by Gasteiger charge is -2.11. The quantitative estimate of drug-likeness (QED) is 0.843. The molecule has 24 heavy (non-hydrogen) atoms. The molecule has 0 aromatic heterocycles. The normalized spacial score (nSPS) is 11.6. The van der Waals surface area contributed by atoms with Gasteiger partial charge >= 0.3 is 0 Å². The first-order valence-corrected chi connectivity index (χ1v) is 8.34. The Morgan fingerprint density at radius 1 is 0.875 bits per heavy atom. The Hall–Kier alpha value is -2.62. The minimum atomic E-state index is -0.187. The minimum absolute atomic E-state index is 0.119. The Bertz CT molecular complexity index is 691. The molecular weight excluding hydrogens is 300 g/mol. The maximum Gasteiger partial charge on any atom is 0.255 e. The summed E-state index contributed by atoms with van der Waals surface area (Å²) in [6.45, 7) is 6.07. The van der Waals surface area contributed by atoms with Crippen LogP contribution in [0.25, 0.3) is 0 Å². The average molecular weight is 324 g/mol. The molecule has 2 aromatic carbocycles. The van der Waals surface area contributed by atoms with Crippen LogP contribution in [0.3, 0.4) is 0 Å². The number of benzene rings is 2. The second kappa shape index (κ2) is 8.29. The van der Waals surface area contributed by atoms with Crippen LogP contribution in [0.1, 0.15) is 53.5 Å². The molecule has 4 heteroatoms. The van der Waals surface area contributed by atoms with E-state index in [1.165, 1.54) is 5.56 Å². The van der Waals surface area contributed by atoms with Crippen LogP contribution in [0.15, 0.2) is 48.5 Å². The molecule has 0 saturated heterocycles. The first kappa shape index (κ1) is 17.7. The van der Waals surface area contributed by atoms with Gasteiger partial charge in [-0.05, 0) is 61.7 Å². The molecule has 0 aliphatic rings. The Labute approximate surface area is 143 Å². The van der Waals surface area contributed by atoms with Crippen LogP contribution in [0.5, 0.6) is 0 Å². The standard InChI is InChI=1S/C20H24N2O2/c1-4-14(3)21-19(23)16-8-10-17(11-9-16)20(24)22-18-12-6-15(5-2)7-13-18/h6-14H,4-5H2,1-3H3,(H,21,23)(H,22,24). The molecule has 1 unspecified atom stereocenters. The van der Waals surface area contributed by atoms with Gasteiger partial charge in [-0.15, -0.1) is 0 Å². The predicted octanol–water partition coefficient (Wildman–Crippen LogP) is 4.03. The lowest BCUT2D eigenvalue weighted by Crippen LogP contribution is -2.31. The van der Waals surface area contributed by atoms with Gasteiger partial charge in [0.15, 0.2) is 0 Å². The van der Waals surface area contributed by atoms with E-state index in [0.717, 1.165) is 18.5 Å². The zero-order valence-corrected chi connectivity index (χ0v) is 14.4. The highest BCUT2D eigenvalue weighted by atomic mass is 16.2. The molecule has 126 valence electrons. The number of hydrogen-bond acceptors (Lipinski definition) is 2. The zero-order valence-electron chi connectivity index (χ0n) is 14.4. The summed E-state index contributed by atoms with van der Waals surface area (Å²) in [7, 11) is 0. The highest BCUT2D eigenvalue weighted by molar-refractivity contribution is 6.05. The van der Waals surface area contributed by atoms with Crippen molar-refractivity contribution in [3.8, 4) is 0 Å². The number of anilines is 1. The third kappa shape index (κ3) is 4.69. The second-order valence-electron chi connectivity index (χ2n) is 5.86. The monoisotopic (exact) mass is 324 g/mol. The number of aryl methyl sites for hydroxylation is 1. The van der Waals surface area contributed by atoms with Crippen molar-refractivity contribution in [2.75, 3.05) is 5.32 Å². The van der Waals surface area contributed by atoms with E-state index < -0.39 is 0 Å².